The fraction of sp³-hybridized carbons (Fsp3) is 0.417. The molecule has 0 aromatic heterocycles. The van der Waals surface area contributed by atoms with Crippen LogP contribution in [0.4, 0.5) is 5.69 Å². The van der Waals surface area contributed by atoms with Gasteiger partial charge < -0.3 is 15.0 Å². The molecule has 33 heavy (non-hydrogen) atoms. The second-order valence-corrected chi connectivity index (χ2v) is 9.84. The Hall–Kier alpha value is -3.07. The van der Waals surface area contributed by atoms with E-state index in [1.807, 2.05) is 26.0 Å². The standard InChI is InChI=1S/C24H33N3O5S/c1-7-25-24(29)19(4)26(15-20-11-9-12-21(14-20)32-5)23(28)16-27(33(6,30)31)22-13-8-10-17(2)18(22)3/h8-14,19H,7,15-16H2,1-6H3,(H,25,29)/t19-/m1/s1. The van der Waals surface area contributed by atoms with Crippen molar-refractivity contribution in [1.29, 1.82) is 0 Å². The van der Waals surface area contributed by atoms with Gasteiger partial charge in [-0.1, -0.05) is 24.3 Å². The van der Waals surface area contributed by atoms with E-state index in [0.29, 0.717) is 18.0 Å². The Morgan fingerprint density at radius 3 is 2.39 bits per heavy atom. The molecule has 0 heterocycles. The summed E-state index contributed by atoms with van der Waals surface area (Å²) in [6.07, 6.45) is 1.07. The van der Waals surface area contributed by atoms with Gasteiger partial charge in [0.2, 0.25) is 21.8 Å². The van der Waals surface area contributed by atoms with Crippen molar-refractivity contribution in [3.8, 4) is 5.75 Å². The van der Waals surface area contributed by atoms with Crippen molar-refractivity contribution in [3.05, 3.63) is 59.2 Å². The van der Waals surface area contributed by atoms with Gasteiger partial charge in [0.15, 0.2) is 0 Å². The molecule has 0 saturated carbocycles. The van der Waals surface area contributed by atoms with Crippen LogP contribution in [0.2, 0.25) is 0 Å². The lowest BCUT2D eigenvalue weighted by atomic mass is 10.1. The maximum atomic E-state index is 13.5. The number of nitrogens with one attached hydrogen (secondary N) is 1. The molecule has 0 fully saturated rings. The van der Waals surface area contributed by atoms with Gasteiger partial charge in [-0.2, -0.15) is 0 Å². The number of hydrogen-bond acceptors (Lipinski definition) is 5. The van der Waals surface area contributed by atoms with Crippen molar-refractivity contribution >= 4 is 27.5 Å². The first-order valence-corrected chi connectivity index (χ1v) is 12.6. The zero-order chi connectivity index (χ0) is 24.8. The van der Waals surface area contributed by atoms with Crippen molar-refractivity contribution in [1.82, 2.24) is 10.2 Å². The number of rotatable bonds is 10. The largest absolute Gasteiger partial charge is 0.497 e. The fourth-order valence-electron chi connectivity index (χ4n) is 3.47. The van der Waals surface area contributed by atoms with Crippen LogP contribution in [0.25, 0.3) is 0 Å². The molecule has 0 aliphatic carbocycles. The van der Waals surface area contributed by atoms with Gasteiger partial charge in [-0.05, 0) is 62.6 Å². The van der Waals surface area contributed by atoms with Crippen LogP contribution in [-0.4, -0.2) is 57.6 Å². The third-order valence-corrected chi connectivity index (χ3v) is 6.66. The number of nitrogens with zero attached hydrogens (tertiary/aromatic N) is 2. The molecule has 0 aliphatic rings. The zero-order valence-corrected chi connectivity index (χ0v) is 20.9. The first kappa shape index (κ1) is 26.2. The Morgan fingerprint density at radius 2 is 1.79 bits per heavy atom. The maximum Gasteiger partial charge on any atom is 0.244 e. The van der Waals surface area contributed by atoms with E-state index in [0.717, 1.165) is 27.3 Å². The molecule has 8 nitrogen and oxygen atoms in total. The molecule has 0 bridgehead atoms. The second-order valence-electron chi connectivity index (χ2n) is 7.93. The summed E-state index contributed by atoms with van der Waals surface area (Å²) in [6.45, 7) is 7.25. The van der Waals surface area contributed by atoms with Crippen LogP contribution in [0.15, 0.2) is 42.5 Å². The van der Waals surface area contributed by atoms with Crippen molar-refractivity contribution in [2.75, 3.05) is 30.8 Å². The predicted molar refractivity (Wildman–Crippen MR) is 130 cm³/mol. The third kappa shape index (κ3) is 6.71. The summed E-state index contributed by atoms with van der Waals surface area (Å²) in [5.74, 6) is -0.173. The molecule has 2 aromatic rings. The minimum absolute atomic E-state index is 0.124. The van der Waals surface area contributed by atoms with Crippen LogP contribution < -0.4 is 14.4 Å². The number of likely N-dealkylation sites (N-methyl/N-ethyl adjacent to an activating group) is 1. The van der Waals surface area contributed by atoms with Gasteiger partial charge in [0, 0.05) is 13.1 Å². The highest BCUT2D eigenvalue weighted by Crippen LogP contribution is 2.25. The summed E-state index contributed by atoms with van der Waals surface area (Å²) in [5.41, 5.74) is 2.89. The van der Waals surface area contributed by atoms with Crippen LogP contribution >= 0.6 is 0 Å². The number of carbonyl (C=O) groups is 2. The summed E-state index contributed by atoms with van der Waals surface area (Å²) in [4.78, 5) is 27.5. The normalized spacial score (nSPS) is 12.1. The molecule has 1 atom stereocenters. The highest BCUT2D eigenvalue weighted by Gasteiger charge is 2.30. The Balaban J connectivity index is 2.44. The lowest BCUT2D eigenvalue weighted by Crippen LogP contribution is -2.51. The number of sulfonamides is 1. The van der Waals surface area contributed by atoms with Crippen molar-refractivity contribution in [3.63, 3.8) is 0 Å². The van der Waals surface area contributed by atoms with Gasteiger partial charge >= 0.3 is 0 Å². The number of aryl methyl sites for hydroxylation is 1. The number of carbonyl (C=O) groups excluding carboxylic acids is 2. The molecule has 0 unspecified atom stereocenters. The molecule has 2 rings (SSSR count). The highest BCUT2D eigenvalue weighted by molar-refractivity contribution is 7.92. The number of methoxy groups -OCH3 is 1. The average molecular weight is 476 g/mol. The van der Waals surface area contributed by atoms with E-state index >= 15 is 0 Å². The predicted octanol–water partition coefficient (Wildman–Crippen LogP) is 2.63. The molecule has 0 saturated heterocycles. The summed E-state index contributed by atoms with van der Waals surface area (Å²) in [5, 5.41) is 2.73. The Bertz CT molecular complexity index is 1100. The zero-order valence-electron chi connectivity index (χ0n) is 20.1. The SMILES string of the molecule is CCNC(=O)[C@@H](C)N(Cc1cccc(OC)c1)C(=O)CN(c1cccc(C)c1C)S(C)(=O)=O. The molecule has 2 aromatic carbocycles. The van der Waals surface area contributed by atoms with Crippen molar-refractivity contribution in [2.45, 2.75) is 40.3 Å². The van der Waals surface area contributed by atoms with Crippen LogP contribution in [0, 0.1) is 13.8 Å². The average Bonchev–Trinajstić information content (AvgIpc) is 2.77. The molecule has 0 radical (unpaired) electrons. The molecule has 0 aliphatic heterocycles. The smallest absolute Gasteiger partial charge is 0.244 e. The minimum Gasteiger partial charge on any atom is -0.497 e. The molecular formula is C24H33N3O5S. The summed E-state index contributed by atoms with van der Waals surface area (Å²) < 4.78 is 31.7. The number of hydrogen-bond donors (Lipinski definition) is 1. The van der Waals surface area contributed by atoms with Gasteiger partial charge in [0.05, 0.1) is 19.1 Å². The van der Waals surface area contributed by atoms with Crippen LogP contribution in [0.3, 0.4) is 0 Å². The lowest BCUT2D eigenvalue weighted by molar-refractivity contribution is -0.139. The maximum absolute atomic E-state index is 13.5. The quantitative estimate of drug-likeness (QED) is 0.570. The van der Waals surface area contributed by atoms with Crippen LogP contribution in [0.1, 0.15) is 30.5 Å². The second kappa shape index (κ2) is 11.2. The Kier molecular flexibility index (Phi) is 8.87. The topological polar surface area (TPSA) is 96.0 Å². The Labute approximate surface area is 196 Å². The molecule has 9 heteroatoms. The van der Waals surface area contributed by atoms with Gasteiger partial charge in [-0.25, -0.2) is 8.42 Å². The van der Waals surface area contributed by atoms with Crippen molar-refractivity contribution in [2.24, 2.45) is 0 Å². The molecular weight excluding hydrogens is 442 g/mol. The molecule has 2 amide bonds. The number of anilines is 1. The fourth-order valence-corrected chi connectivity index (χ4v) is 4.37. The van der Waals surface area contributed by atoms with E-state index in [1.165, 1.54) is 4.90 Å². The summed E-state index contributed by atoms with van der Waals surface area (Å²) in [6, 6.07) is 11.7. The number of benzene rings is 2. The van der Waals surface area contributed by atoms with Gasteiger partial charge in [0.25, 0.3) is 0 Å². The molecule has 0 spiro atoms. The first-order chi connectivity index (χ1) is 15.5. The third-order valence-electron chi connectivity index (χ3n) is 5.53. The molecule has 180 valence electrons. The number of ether oxygens (including phenoxy) is 1. The van der Waals surface area contributed by atoms with E-state index in [4.69, 9.17) is 4.74 Å². The van der Waals surface area contributed by atoms with E-state index in [1.54, 1.807) is 51.3 Å². The van der Waals surface area contributed by atoms with Crippen LogP contribution in [0.5, 0.6) is 5.75 Å². The molecule has 1 N–H and O–H groups in total. The van der Waals surface area contributed by atoms with Gasteiger partial charge in [0.1, 0.15) is 18.3 Å². The highest BCUT2D eigenvalue weighted by atomic mass is 32.2. The van der Waals surface area contributed by atoms with E-state index in [-0.39, 0.29) is 12.5 Å². The summed E-state index contributed by atoms with van der Waals surface area (Å²) >= 11 is 0. The Morgan fingerprint density at radius 1 is 1.12 bits per heavy atom. The first-order valence-electron chi connectivity index (χ1n) is 10.7. The van der Waals surface area contributed by atoms with Gasteiger partial charge in [-0.15, -0.1) is 0 Å². The number of amides is 2. The minimum atomic E-state index is -3.76. The van der Waals surface area contributed by atoms with Crippen molar-refractivity contribution < 1.29 is 22.7 Å². The van der Waals surface area contributed by atoms with Gasteiger partial charge in [-0.3, -0.25) is 13.9 Å². The monoisotopic (exact) mass is 475 g/mol. The van der Waals surface area contributed by atoms with Crippen LogP contribution in [-0.2, 0) is 26.2 Å². The van der Waals surface area contributed by atoms with E-state index < -0.39 is 28.5 Å². The van der Waals surface area contributed by atoms with E-state index in [2.05, 4.69) is 5.32 Å². The van der Waals surface area contributed by atoms with E-state index in [9.17, 15) is 18.0 Å². The lowest BCUT2D eigenvalue weighted by Gasteiger charge is -2.32. The summed E-state index contributed by atoms with van der Waals surface area (Å²) in [7, 11) is -2.21.